The number of benzene rings is 2. The highest BCUT2D eigenvalue weighted by atomic mass is 16.5. The van der Waals surface area contributed by atoms with E-state index >= 15 is 0 Å². The highest BCUT2D eigenvalue weighted by Gasteiger charge is 2.14. The molecule has 0 fully saturated rings. The van der Waals surface area contributed by atoms with Gasteiger partial charge in [0.25, 0.3) is 0 Å². The van der Waals surface area contributed by atoms with Crippen molar-refractivity contribution >= 4 is 6.03 Å². The van der Waals surface area contributed by atoms with E-state index in [0.717, 1.165) is 33.9 Å². The maximum atomic E-state index is 12.3. The van der Waals surface area contributed by atoms with Crippen LogP contribution in [0, 0.1) is 6.92 Å². The number of hydrogen-bond acceptors (Lipinski definition) is 4. The van der Waals surface area contributed by atoms with E-state index < -0.39 is 0 Å². The zero-order chi connectivity index (χ0) is 19.8. The molecular weight excluding hydrogens is 344 g/mol. The van der Waals surface area contributed by atoms with Crippen LogP contribution in [0.25, 0.3) is 0 Å². The van der Waals surface area contributed by atoms with Crippen molar-refractivity contribution in [1.29, 1.82) is 0 Å². The van der Waals surface area contributed by atoms with Crippen molar-refractivity contribution in [2.24, 2.45) is 0 Å². The lowest BCUT2D eigenvalue weighted by Crippen LogP contribution is -2.38. The SMILES string of the molecule is COc1ccc(OC)c(CCNC(=O)NC(C)c2cc(C)ccc2OC)c1. The summed E-state index contributed by atoms with van der Waals surface area (Å²) in [5.74, 6) is 2.29. The van der Waals surface area contributed by atoms with Gasteiger partial charge < -0.3 is 24.8 Å². The number of aryl methyl sites for hydroxylation is 1. The first-order valence-corrected chi connectivity index (χ1v) is 8.88. The van der Waals surface area contributed by atoms with Crippen LogP contribution in [-0.2, 0) is 6.42 Å². The molecule has 2 rings (SSSR count). The molecule has 0 bridgehead atoms. The summed E-state index contributed by atoms with van der Waals surface area (Å²) in [5, 5.41) is 5.84. The smallest absolute Gasteiger partial charge is 0.315 e. The predicted octanol–water partition coefficient (Wildman–Crippen LogP) is 3.62. The van der Waals surface area contributed by atoms with Crippen molar-refractivity contribution in [3.05, 3.63) is 53.1 Å². The van der Waals surface area contributed by atoms with Crippen molar-refractivity contribution in [3.8, 4) is 17.2 Å². The molecule has 0 saturated heterocycles. The molecule has 6 nitrogen and oxygen atoms in total. The fourth-order valence-corrected chi connectivity index (χ4v) is 2.91. The summed E-state index contributed by atoms with van der Waals surface area (Å²) in [6, 6.07) is 11.1. The summed E-state index contributed by atoms with van der Waals surface area (Å²) >= 11 is 0. The van der Waals surface area contributed by atoms with Crippen molar-refractivity contribution in [2.75, 3.05) is 27.9 Å². The first-order chi connectivity index (χ1) is 13.0. The molecule has 6 heteroatoms. The minimum atomic E-state index is -0.229. The van der Waals surface area contributed by atoms with Gasteiger partial charge in [-0.2, -0.15) is 0 Å². The lowest BCUT2D eigenvalue weighted by atomic mass is 10.0. The largest absolute Gasteiger partial charge is 0.497 e. The fourth-order valence-electron chi connectivity index (χ4n) is 2.91. The average molecular weight is 372 g/mol. The van der Waals surface area contributed by atoms with Crippen molar-refractivity contribution < 1.29 is 19.0 Å². The first kappa shape index (κ1) is 20.4. The van der Waals surface area contributed by atoms with Gasteiger partial charge in [-0.25, -0.2) is 4.79 Å². The van der Waals surface area contributed by atoms with E-state index in [9.17, 15) is 4.79 Å². The van der Waals surface area contributed by atoms with Crippen LogP contribution in [-0.4, -0.2) is 33.9 Å². The van der Waals surface area contributed by atoms with E-state index in [1.54, 1.807) is 21.3 Å². The lowest BCUT2D eigenvalue weighted by Gasteiger charge is -2.18. The highest BCUT2D eigenvalue weighted by molar-refractivity contribution is 5.74. The van der Waals surface area contributed by atoms with Gasteiger partial charge in [-0.3, -0.25) is 0 Å². The molecule has 2 amide bonds. The van der Waals surface area contributed by atoms with Gasteiger partial charge in [0.15, 0.2) is 0 Å². The molecule has 1 unspecified atom stereocenters. The molecule has 0 radical (unpaired) electrons. The molecule has 0 aliphatic carbocycles. The molecule has 1 atom stereocenters. The van der Waals surface area contributed by atoms with Crippen molar-refractivity contribution in [3.63, 3.8) is 0 Å². The van der Waals surface area contributed by atoms with E-state index in [1.165, 1.54) is 0 Å². The second-order valence-electron chi connectivity index (χ2n) is 6.30. The Balaban J connectivity index is 1.92. The Morgan fingerprint density at radius 2 is 1.70 bits per heavy atom. The number of carbonyl (C=O) groups excluding carboxylic acids is 1. The standard InChI is InChI=1S/C21H28N2O4/c1-14-6-8-20(27-5)18(12-14)15(2)23-21(24)22-11-10-16-13-17(25-3)7-9-19(16)26-4/h6-9,12-13,15H,10-11H2,1-5H3,(H2,22,23,24). The predicted molar refractivity (Wildman–Crippen MR) is 106 cm³/mol. The van der Waals surface area contributed by atoms with Crippen LogP contribution in [0.1, 0.15) is 29.7 Å². The molecule has 0 heterocycles. The second kappa shape index (κ2) is 9.71. The summed E-state index contributed by atoms with van der Waals surface area (Å²) in [5.41, 5.74) is 3.04. The van der Waals surface area contributed by atoms with Gasteiger partial charge in [0, 0.05) is 12.1 Å². The molecule has 0 aromatic heterocycles. The van der Waals surface area contributed by atoms with E-state index in [0.29, 0.717) is 13.0 Å². The van der Waals surface area contributed by atoms with Gasteiger partial charge in [-0.05, 0) is 50.1 Å². The second-order valence-corrected chi connectivity index (χ2v) is 6.30. The summed E-state index contributed by atoms with van der Waals surface area (Å²) in [6.07, 6.45) is 0.635. The molecule has 27 heavy (non-hydrogen) atoms. The van der Waals surface area contributed by atoms with Crippen LogP contribution in [0.5, 0.6) is 17.2 Å². The highest BCUT2D eigenvalue weighted by Crippen LogP contribution is 2.26. The van der Waals surface area contributed by atoms with Crippen LogP contribution in [0.2, 0.25) is 0 Å². The number of nitrogens with one attached hydrogen (secondary N) is 2. The third-order valence-corrected chi connectivity index (χ3v) is 4.37. The third kappa shape index (κ3) is 5.54. The van der Waals surface area contributed by atoms with Crippen molar-refractivity contribution in [2.45, 2.75) is 26.3 Å². The van der Waals surface area contributed by atoms with Gasteiger partial charge in [0.05, 0.1) is 27.4 Å². The monoisotopic (exact) mass is 372 g/mol. The van der Waals surface area contributed by atoms with Crippen LogP contribution in [0.3, 0.4) is 0 Å². The number of urea groups is 1. The number of amides is 2. The Kier molecular flexibility index (Phi) is 7.34. The zero-order valence-electron chi connectivity index (χ0n) is 16.6. The van der Waals surface area contributed by atoms with Crippen LogP contribution in [0.4, 0.5) is 4.79 Å². The molecular formula is C21H28N2O4. The number of carbonyl (C=O) groups is 1. The molecule has 0 aliphatic heterocycles. The Morgan fingerprint density at radius 3 is 2.37 bits per heavy atom. The van der Waals surface area contributed by atoms with E-state index in [-0.39, 0.29) is 12.1 Å². The molecule has 2 N–H and O–H groups in total. The van der Waals surface area contributed by atoms with E-state index in [1.807, 2.05) is 50.2 Å². The Labute approximate surface area is 160 Å². The topological polar surface area (TPSA) is 68.8 Å². The van der Waals surface area contributed by atoms with Gasteiger partial charge in [0.2, 0.25) is 0 Å². The van der Waals surface area contributed by atoms with E-state index in [2.05, 4.69) is 10.6 Å². The first-order valence-electron chi connectivity index (χ1n) is 8.88. The number of ether oxygens (including phenoxy) is 3. The normalized spacial score (nSPS) is 11.4. The molecule has 2 aromatic rings. The Hall–Kier alpha value is -2.89. The Bertz CT molecular complexity index is 777. The molecule has 2 aromatic carbocycles. The molecule has 0 aliphatic rings. The molecule has 0 saturated carbocycles. The quantitative estimate of drug-likeness (QED) is 0.743. The number of hydrogen-bond donors (Lipinski definition) is 2. The van der Waals surface area contributed by atoms with Crippen molar-refractivity contribution in [1.82, 2.24) is 10.6 Å². The zero-order valence-corrected chi connectivity index (χ0v) is 16.6. The minimum Gasteiger partial charge on any atom is -0.497 e. The molecule has 146 valence electrons. The molecule has 0 spiro atoms. The Morgan fingerprint density at radius 1 is 1.00 bits per heavy atom. The summed E-state index contributed by atoms with van der Waals surface area (Å²) in [7, 11) is 4.88. The third-order valence-electron chi connectivity index (χ3n) is 4.37. The average Bonchev–Trinajstić information content (AvgIpc) is 2.67. The summed E-state index contributed by atoms with van der Waals surface area (Å²) < 4.78 is 16.0. The van der Waals surface area contributed by atoms with E-state index in [4.69, 9.17) is 14.2 Å². The number of rotatable bonds is 8. The van der Waals surface area contributed by atoms with Gasteiger partial charge >= 0.3 is 6.03 Å². The number of methoxy groups -OCH3 is 3. The lowest BCUT2D eigenvalue weighted by molar-refractivity contribution is 0.237. The van der Waals surface area contributed by atoms with Crippen LogP contribution >= 0.6 is 0 Å². The maximum absolute atomic E-state index is 12.3. The fraction of sp³-hybridized carbons (Fsp3) is 0.381. The maximum Gasteiger partial charge on any atom is 0.315 e. The van der Waals surface area contributed by atoms with Gasteiger partial charge in [-0.15, -0.1) is 0 Å². The van der Waals surface area contributed by atoms with Gasteiger partial charge in [0.1, 0.15) is 17.2 Å². The van der Waals surface area contributed by atoms with Gasteiger partial charge in [-0.1, -0.05) is 17.7 Å². The summed E-state index contributed by atoms with van der Waals surface area (Å²) in [4.78, 5) is 12.3. The summed E-state index contributed by atoms with van der Waals surface area (Å²) in [6.45, 7) is 4.42. The minimum absolute atomic E-state index is 0.175. The van der Waals surface area contributed by atoms with Crippen LogP contribution < -0.4 is 24.8 Å². The van der Waals surface area contributed by atoms with Crippen LogP contribution in [0.15, 0.2) is 36.4 Å².